The Kier molecular flexibility index (Phi) is 5.24. The molecule has 0 spiro atoms. The van der Waals surface area contributed by atoms with Crippen molar-refractivity contribution in [2.24, 2.45) is 0 Å². The number of nitrogens with zero attached hydrogens (tertiary/aromatic N) is 1. The molecule has 1 unspecified atom stereocenters. The van der Waals surface area contributed by atoms with Gasteiger partial charge in [0.25, 0.3) is 0 Å². The Balaban J connectivity index is 2.08. The first kappa shape index (κ1) is 14.7. The van der Waals surface area contributed by atoms with Crippen LogP contribution >= 0.6 is 0 Å². The van der Waals surface area contributed by atoms with Gasteiger partial charge in [0.2, 0.25) is 0 Å². The summed E-state index contributed by atoms with van der Waals surface area (Å²) in [6.45, 7) is 4.95. The average Bonchev–Trinajstić information content (AvgIpc) is 2.44. The molecule has 2 nitrogen and oxygen atoms in total. The molecule has 0 fully saturated rings. The molecule has 20 heavy (non-hydrogen) atoms. The number of hydrogen-bond acceptors (Lipinski definition) is 2. The summed E-state index contributed by atoms with van der Waals surface area (Å²) >= 11 is 0. The third kappa shape index (κ3) is 3.87. The fraction of sp³-hybridized carbons (Fsp3) is 0.353. The first-order valence-electron chi connectivity index (χ1n) is 7.09. The smallest absolute Gasteiger partial charge is 0.146 e. The van der Waals surface area contributed by atoms with Crippen molar-refractivity contribution in [3.63, 3.8) is 0 Å². The van der Waals surface area contributed by atoms with Crippen molar-refractivity contribution in [3.8, 4) is 0 Å². The van der Waals surface area contributed by atoms with E-state index in [1.165, 1.54) is 17.3 Å². The summed E-state index contributed by atoms with van der Waals surface area (Å²) in [5.41, 5.74) is 3.26. The van der Waals surface area contributed by atoms with Crippen LogP contribution in [0.5, 0.6) is 0 Å². The summed E-state index contributed by atoms with van der Waals surface area (Å²) in [4.78, 5) is 3.81. The van der Waals surface area contributed by atoms with Gasteiger partial charge in [0.05, 0.1) is 6.20 Å². The molecular weight excluding hydrogens is 251 g/mol. The highest BCUT2D eigenvalue weighted by molar-refractivity contribution is 5.23. The van der Waals surface area contributed by atoms with Gasteiger partial charge in [-0.2, -0.15) is 0 Å². The van der Waals surface area contributed by atoms with Crippen LogP contribution in [-0.2, 0) is 6.42 Å². The number of benzene rings is 1. The van der Waals surface area contributed by atoms with Crippen LogP contribution < -0.4 is 5.32 Å². The normalized spacial score (nSPS) is 12.3. The lowest BCUT2D eigenvalue weighted by Crippen LogP contribution is -2.22. The van der Waals surface area contributed by atoms with Crippen molar-refractivity contribution in [2.45, 2.75) is 32.7 Å². The predicted molar refractivity (Wildman–Crippen MR) is 80.1 cm³/mol. The lowest BCUT2D eigenvalue weighted by Gasteiger charge is -2.19. The molecule has 1 heterocycles. The minimum absolute atomic E-state index is 0.0310. The average molecular weight is 272 g/mol. The van der Waals surface area contributed by atoms with Crippen LogP contribution in [-0.4, -0.2) is 11.5 Å². The van der Waals surface area contributed by atoms with Crippen molar-refractivity contribution in [1.82, 2.24) is 10.3 Å². The first-order chi connectivity index (χ1) is 9.70. The lowest BCUT2D eigenvalue weighted by molar-refractivity contribution is 0.483. The minimum atomic E-state index is -0.234. The highest BCUT2D eigenvalue weighted by Crippen LogP contribution is 2.21. The molecular formula is C17H21FN2. The zero-order valence-electron chi connectivity index (χ0n) is 12.1. The van der Waals surface area contributed by atoms with Gasteiger partial charge < -0.3 is 5.32 Å². The third-order valence-corrected chi connectivity index (χ3v) is 3.43. The standard InChI is InChI=1S/C17H21FN2/c1-3-20-17(15-9-10-19-12-16(15)18)8-7-14-6-4-5-13(2)11-14/h4-6,9-12,17,20H,3,7-8H2,1-2H3. The van der Waals surface area contributed by atoms with Crippen LogP contribution in [0, 0.1) is 12.7 Å². The number of aryl methyl sites for hydroxylation is 2. The van der Waals surface area contributed by atoms with E-state index >= 15 is 0 Å². The van der Waals surface area contributed by atoms with E-state index in [0.717, 1.165) is 19.4 Å². The molecule has 0 aliphatic rings. The van der Waals surface area contributed by atoms with Crippen LogP contribution in [0.3, 0.4) is 0 Å². The van der Waals surface area contributed by atoms with Crippen molar-refractivity contribution < 1.29 is 4.39 Å². The third-order valence-electron chi connectivity index (χ3n) is 3.43. The highest BCUT2D eigenvalue weighted by atomic mass is 19.1. The summed E-state index contributed by atoms with van der Waals surface area (Å²) in [5, 5.41) is 3.36. The minimum Gasteiger partial charge on any atom is -0.310 e. The Morgan fingerprint density at radius 2 is 2.15 bits per heavy atom. The molecule has 1 N–H and O–H groups in total. The largest absolute Gasteiger partial charge is 0.310 e. The summed E-state index contributed by atoms with van der Waals surface area (Å²) in [6, 6.07) is 10.3. The lowest BCUT2D eigenvalue weighted by atomic mass is 9.98. The van der Waals surface area contributed by atoms with Gasteiger partial charge in [-0.3, -0.25) is 4.98 Å². The molecule has 106 valence electrons. The maximum Gasteiger partial charge on any atom is 0.146 e. The maximum atomic E-state index is 13.9. The highest BCUT2D eigenvalue weighted by Gasteiger charge is 2.14. The van der Waals surface area contributed by atoms with Crippen LogP contribution in [0.4, 0.5) is 4.39 Å². The van der Waals surface area contributed by atoms with Crippen molar-refractivity contribution in [1.29, 1.82) is 0 Å². The Labute approximate surface area is 120 Å². The Bertz CT molecular complexity index is 554. The number of halogens is 1. The van der Waals surface area contributed by atoms with E-state index in [1.807, 2.05) is 6.92 Å². The SMILES string of the molecule is CCNC(CCc1cccc(C)c1)c1ccncc1F. The molecule has 2 aromatic rings. The van der Waals surface area contributed by atoms with Crippen LogP contribution in [0.1, 0.15) is 36.1 Å². The van der Waals surface area contributed by atoms with Crippen LogP contribution in [0.15, 0.2) is 42.7 Å². The quantitative estimate of drug-likeness (QED) is 0.865. The number of nitrogens with one attached hydrogen (secondary N) is 1. The van der Waals surface area contributed by atoms with E-state index in [9.17, 15) is 4.39 Å². The Hall–Kier alpha value is -1.74. The number of rotatable bonds is 6. The van der Waals surface area contributed by atoms with Gasteiger partial charge in [-0.1, -0.05) is 36.8 Å². The van der Waals surface area contributed by atoms with E-state index in [1.54, 1.807) is 12.3 Å². The molecule has 3 heteroatoms. The zero-order valence-corrected chi connectivity index (χ0v) is 12.1. The first-order valence-corrected chi connectivity index (χ1v) is 7.09. The topological polar surface area (TPSA) is 24.9 Å². The predicted octanol–water partition coefficient (Wildman–Crippen LogP) is 3.81. The van der Waals surface area contributed by atoms with E-state index < -0.39 is 0 Å². The second-order valence-corrected chi connectivity index (χ2v) is 5.04. The molecule has 0 saturated carbocycles. The van der Waals surface area contributed by atoms with Gasteiger partial charge in [-0.15, -0.1) is 0 Å². The van der Waals surface area contributed by atoms with Crippen LogP contribution in [0.25, 0.3) is 0 Å². The molecule has 0 aliphatic carbocycles. The van der Waals surface area contributed by atoms with E-state index in [-0.39, 0.29) is 11.9 Å². The van der Waals surface area contributed by atoms with E-state index in [2.05, 4.69) is 41.5 Å². The van der Waals surface area contributed by atoms with Crippen molar-refractivity contribution in [2.75, 3.05) is 6.54 Å². The van der Waals surface area contributed by atoms with Gasteiger partial charge in [0, 0.05) is 17.8 Å². The second kappa shape index (κ2) is 7.15. The van der Waals surface area contributed by atoms with Crippen LogP contribution in [0.2, 0.25) is 0 Å². The molecule has 1 atom stereocenters. The van der Waals surface area contributed by atoms with Crippen molar-refractivity contribution in [3.05, 3.63) is 65.2 Å². The van der Waals surface area contributed by atoms with Gasteiger partial charge in [-0.25, -0.2) is 4.39 Å². The fourth-order valence-electron chi connectivity index (χ4n) is 2.46. The molecule has 1 aromatic carbocycles. The van der Waals surface area contributed by atoms with Gasteiger partial charge in [0.15, 0.2) is 0 Å². The summed E-state index contributed by atoms with van der Waals surface area (Å²) in [5.74, 6) is -0.234. The molecule has 0 radical (unpaired) electrons. The number of pyridine rings is 1. The second-order valence-electron chi connectivity index (χ2n) is 5.04. The molecule has 0 bridgehead atoms. The summed E-state index contributed by atoms with van der Waals surface area (Å²) in [7, 11) is 0. The van der Waals surface area contributed by atoms with Crippen molar-refractivity contribution >= 4 is 0 Å². The van der Waals surface area contributed by atoms with Gasteiger partial charge >= 0.3 is 0 Å². The maximum absolute atomic E-state index is 13.9. The van der Waals surface area contributed by atoms with E-state index in [4.69, 9.17) is 0 Å². The number of aromatic nitrogens is 1. The Morgan fingerprint density at radius 1 is 1.30 bits per heavy atom. The summed E-state index contributed by atoms with van der Waals surface area (Å²) < 4.78 is 13.9. The summed E-state index contributed by atoms with van der Waals surface area (Å²) in [6.07, 6.45) is 4.74. The molecule has 2 rings (SSSR count). The van der Waals surface area contributed by atoms with Gasteiger partial charge in [0.1, 0.15) is 5.82 Å². The molecule has 0 aliphatic heterocycles. The Morgan fingerprint density at radius 3 is 2.85 bits per heavy atom. The fourth-order valence-corrected chi connectivity index (χ4v) is 2.46. The zero-order chi connectivity index (χ0) is 14.4. The molecule has 0 amide bonds. The monoisotopic (exact) mass is 272 g/mol. The molecule has 0 saturated heterocycles. The van der Waals surface area contributed by atoms with E-state index in [0.29, 0.717) is 5.56 Å². The number of hydrogen-bond donors (Lipinski definition) is 1. The van der Waals surface area contributed by atoms with Gasteiger partial charge in [-0.05, 0) is 37.9 Å². The molecule has 1 aromatic heterocycles.